The van der Waals surface area contributed by atoms with Gasteiger partial charge in [0.25, 0.3) is 0 Å². The lowest BCUT2D eigenvalue weighted by molar-refractivity contribution is -0.0269. The summed E-state index contributed by atoms with van der Waals surface area (Å²) in [5.41, 5.74) is 5.75. The van der Waals surface area contributed by atoms with Gasteiger partial charge in [-0.3, -0.25) is 0 Å². The van der Waals surface area contributed by atoms with Gasteiger partial charge < -0.3 is 33.6 Å². The van der Waals surface area contributed by atoms with E-state index in [0.29, 0.717) is 31.0 Å². The largest absolute Gasteiger partial charge is 0.479 e. The normalized spacial score (nSPS) is 17.7. The molecule has 0 radical (unpaired) electrons. The average Bonchev–Trinajstić information content (AvgIpc) is 3.61. The van der Waals surface area contributed by atoms with Gasteiger partial charge in [0.15, 0.2) is 11.2 Å². The highest BCUT2D eigenvalue weighted by Gasteiger charge is 2.46. The van der Waals surface area contributed by atoms with Crippen LogP contribution in [-0.4, -0.2) is 51.9 Å². The number of rotatable bonds is 0. The van der Waals surface area contributed by atoms with Gasteiger partial charge in [-0.15, -0.1) is 12.4 Å². The number of nitrogens with one attached hydrogen (secondary N) is 1. The van der Waals surface area contributed by atoms with Crippen LogP contribution in [0.5, 0.6) is 11.5 Å². The first kappa shape index (κ1) is 37.0. The number of carbonyl (C=O) groups excluding carboxylic acids is 1. The molecule has 1 amide bonds. The number of nitrogens with zero attached hydrogens (tertiary/aromatic N) is 3. The zero-order chi connectivity index (χ0) is 33.1. The van der Waals surface area contributed by atoms with Gasteiger partial charge in [0, 0.05) is 72.3 Å². The number of likely N-dealkylation sites (tertiary alicyclic amines) is 1. The predicted molar refractivity (Wildman–Crippen MR) is 199 cm³/mol. The van der Waals surface area contributed by atoms with Crippen molar-refractivity contribution in [2.75, 3.05) is 26.2 Å². The summed E-state index contributed by atoms with van der Waals surface area (Å²) in [5.74, 6) is 1.69. The van der Waals surface area contributed by atoms with Gasteiger partial charge in [0.1, 0.15) is 17.1 Å². The molecular formula is C38H47Cl3N4O4. The van der Waals surface area contributed by atoms with Crippen molar-refractivity contribution in [2.24, 2.45) is 0 Å². The van der Waals surface area contributed by atoms with Crippen LogP contribution in [0, 0.1) is 13.8 Å². The fourth-order valence-electron chi connectivity index (χ4n) is 7.39. The van der Waals surface area contributed by atoms with E-state index in [9.17, 15) is 4.79 Å². The molecule has 0 aliphatic carbocycles. The number of ether oxygens (including phenoxy) is 3. The molecular weight excluding hydrogens is 683 g/mol. The highest BCUT2D eigenvalue weighted by atomic mass is 35.5. The van der Waals surface area contributed by atoms with Crippen molar-refractivity contribution in [1.82, 2.24) is 19.4 Å². The molecule has 4 aliphatic rings. The highest BCUT2D eigenvalue weighted by Crippen LogP contribution is 2.47. The molecule has 8 nitrogen and oxygen atoms in total. The van der Waals surface area contributed by atoms with Gasteiger partial charge in [-0.05, 0) is 96.2 Å². The molecule has 264 valence electrons. The molecule has 0 bridgehead atoms. The quantitative estimate of drug-likeness (QED) is 0.195. The van der Waals surface area contributed by atoms with Crippen molar-refractivity contribution >= 4 is 41.7 Å². The Morgan fingerprint density at radius 3 is 1.65 bits per heavy atom. The van der Waals surface area contributed by atoms with Gasteiger partial charge in [0.2, 0.25) is 0 Å². The molecule has 2 aromatic carbocycles. The van der Waals surface area contributed by atoms with Crippen LogP contribution in [0.4, 0.5) is 4.79 Å². The SMILES string of the molecule is C.Cc1ccc2n1-c1ccc(Cl)cc1OC21CCN(C(=O)OC(C)(C)C)CC1.Cc1ccc2n1-c1ccc(Cl)cc1OC21CCNCC1.Cl. The number of aryl methyl sites for hydroxylation is 2. The summed E-state index contributed by atoms with van der Waals surface area (Å²) >= 11 is 12.4. The van der Waals surface area contributed by atoms with Gasteiger partial charge in [0.05, 0.1) is 22.8 Å². The molecule has 1 N–H and O–H groups in total. The Morgan fingerprint density at radius 2 is 1.20 bits per heavy atom. The van der Waals surface area contributed by atoms with Crippen LogP contribution in [0.2, 0.25) is 10.0 Å². The van der Waals surface area contributed by atoms with Crippen LogP contribution >= 0.6 is 35.6 Å². The molecule has 8 rings (SSSR count). The number of fused-ring (bicyclic) bond motifs is 8. The third-order valence-electron chi connectivity index (χ3n) is 9.66. The zero-order valence-electron chi connectivity index (χ0n) is 28.1. The Bertz CT molecular complexity index is 1830. The summed E-state index contributed by atoms with van der Waals surface area (Å²) in [6.07, 6.45) is 3.14. The summed E-state index contributed by atoms with van der Waals surface area (Å²) in [5, 5.41) is 4.79. The molecule has 6 heterocycles. The first-order valence-electron chi connectivity index (χ1n) is 16.4. The second kappa shape index (κ2) is 13.8. The van der Waals surface area contributed by atoms with Crippen LogP contribution in [0.15, 0.2) is 60.7 Å². The maximum Gasteiger partial charge on any atom is 0.410 e. The van der Waals surface area contributed by atoms with E-state index in [4.69, 9.17) is 37.4 Å². The number of piperidine rings is 2. The zero-order valence-corrected chi connectivity index (χ0v) is 30.4. The Labute approximate surface area is 306 Å². The van der Waals surface area contributed by atoms with E-state index >= 15 is 0 Å². The summed E-state index contributed by atoms with van der Waals surface area (Å²) in [6, 6.07) is 20.3. The van der Waals surface area contributed by atoms with Crippen molar-refractivity contribution < 1.29 is 19.0 Å². The summed E-state index contributed by atoms with van der Waals surface area (Å²) in [4.78, 5) is 14.2. The minimum atomic E-state index is -0.491. The molecule has 0 unspecified atom stereocenters. The molecule has 2 aromatic heterocycles. The van der Waals surface area contributed by atoms with E-state index in [1.807, 2.05) is 57.2 Å². The molecule has 0 atom stereocenters. The number of carbonyl (C=O) groups is 1. The fourth-order valence-corrected chi connectivity index (χ4v) is 7.71. The lowest BCUT2D eigenvalue weighted by atomic mass is 9.86. The molecule has 4 aliphatic heterocycles. The second-order valence-corrected chi connectivity index (χ2v) is 14.9. The van der Waals surface area contributed by atoms with Gasteiger partial charge in [-0.2, -0.15) is 0 Å². The molecule has 2 spiro atoms. The summed E-state index contributed by atoms with van der Waals surface area (Å²) in [6.45, 7) is 13.0. The van der Waals surface area contributed by atoms with Gasteiger partial charge in [-0.1, -0.05) is 30.6 Å². The lowest BCUT2D eigenvalue weighted by Gasteiger charge is -2.45. The Hall–Kier alpha value is -3.30. The first-order valence-corrected chi connectivity index (χ1v) is 17.2. The van der Waals surface area contributed by atoms with Crippen molar-refractivity contribution in [3.63, 3.8) is 0 Å². The van der Waals surface area contributed by atoms with E-state index in [2.05, 4.69) is 52.6 Å². The van der Waals surface area contributed by atoms with Crippen LogP contribution < -0.4 is 14.8 Å². The first-order chi connectivity index (χ1) is 22.4. The molecule has 2 saturated heterocycles. The predicted octanol–water partition coefficient (Wildman–Crippen LogP) is 9.53. The summed E-state index contributed by atoms with van der Waals surface area (Å²) < 4.78 is 23.1. The number of hydrogen-bond donors (Lipinski definition) is 1. The molecule has 11 heteroatoms. The number of hydrogen-bond acceptors (Lipinski definition) is 5. The second-order valence-electron chi connectivity index (χ2n) is 14.0. The number of benzene rings is 2. The lowest BCUT2D eigenvalue weighted by Crippen LogP contribution is -2.50. The van der Waals surface area contributed by atoms with E-state index in [0.717, 1.165) is 65.2 Å². The van der Waals surface area contributed by atoms with Crippen LogP contribution in [-0.2, 0) is 15.9 Å². The van der Waals surface area contributed by atoms with Crippen LogP contribution in [0.3, 0.4) is 0 Å². The third-order valence-corrected chi connectivity index (χ3v) is 10.1. The van der Waals surface area contributed by atoms with Crippen molar-refractivity contribution in [3.05, 3.63) is 93.5 Å². The van der Waals surface area contributed by atoms with Crippen LogP contribution in [0.25, 0.3) is 11.4 Å². The van der Waals surface area contributed by atoms with Crippen molar-refractivity contribution in [2.45, 2.75) is 84.5 Å². The van der Waals surface area contributed by atoms with Gasteiger partial charge in [-0.25, -0.2) is 4.79 Å². The van der Waals surface area contributed by atoms with E-state index in [1.54, 1.807) is 4.90 Å². The minimum Gasteiger partial charge on any atom is -0.479 e. The fraction of sp³-hybridized carbons (Fsp3) is 0.447. The Morgan fingerprint density at radius 1 is 0.755 bits per heavy atom. The maximum absolute atomic E-state index is 12.4. The molecule has 0 saturated carbocycles. The molecule has 49 heavy (non-hydrogen) atoms. The summed E-state index contributed by atoms with van der Waals surface area (Å²) in [7, 11) is 0. The highest BCUT2D eigenvalue weighted by molar-refractivity contribution is 6.31. The number of aromatic nitrogens is 2. The van der Waals surface area contributed by atoms with E-state index in [-0.39, 0.29) is 31.5 Å². The molecule has 2 fully saturated rings. The Balaban J connectivity index is 0.000000191. The van der Waals surface area contributed by atoms with Crippen molar-refractivity contribution in [3.8, 4) is 22.9 Å². The Kier molecular flexibility index (Phi) is 10.4. The van der Waals surface area contributed by atoms with E-state index in [1.165, 1.54) is 11.4 Å². The van der Waals surface area contributed by atoms with Crippen molar-refractivity contribution in [1.29, 1.82) is 0 Å². The number of halogens is 3. The standard InChI is InChI=1S/C21H25ClN2O3.C16H17ClN2O.CH4.ClH/c1-14-5-8-18-21(26-17-13-15(22)6-7-16(17)24(14)18)9-11-23(12-10-21)19(25)27-20(2,3)4;1-11-2-5-15-16(6-8-18-9-7-16)20-14-10-12(17)3-4-13(14)19(11)15;;/h5-8,13H,9-12H2,1-4H3;2-5,10,18H,6-9H2,1H3;1H4;1H. The maximum atomic E-state index is 12.4. The number of amides is 1. The minimum absolute atomic E-state index is 0. The average molecular weight is 730 g/mol. The van der Waals surface area contributed by atoms with E-state index < -0.39 is 11.2 Å². The molecule has 4 aromatic rings. The smallest absolute Gasteiger partial charge is 0.410 e. The topological polar surface area (TPSA) is 69.9 Å². The van der Waals surface area contributed by atoms with Gasteiger partial charge >= 0.3 is 6.09 Å². The van der Waals surface area contributed by atoms with Crippen LogP contribution in [0.1, 0.15) is 76.7 Å². The monoisotopic (exact) mass is 728 g/mol. The third kappa shape index (κ3) is 6.77.